The number of halogens is 1. The zero-order chi connectivity index (χ0) is 22.3. The third-order valence-corrected chi connectivity index (χ3v) is 6.46. The fraction of sp³-hybridized carbons (Fsp3) is 0.423. The molecular weight excluding hydrogens is 482 g/mol. The lowest BCUT2D eigenvalue weighted by atomic mass is 9.90. The standard InChI is InChI=1S/C26H32N3O3.BrH/c1-20-28(16-17-29(20)19-21-11-13-27-14-12-21)15-6-18-32-26(31)25(30)24-10-5-4-9-23(24)22-7-2-3-8-22;/h4-5,9-14,16-17,22,25,30H,2-3,6-8,15,18-19H2,1H3;1H/q+1;/p-1. The Bertz CT molecular complexity index is 1030. The third-order valence-electron chi connectivity index (χ3n) is 6.46. The van der Waals surface area contributed by atoms with Crippen LogP contribution in [0.2, 0.25) is 0 Å². The van der Waals surface area contributed by atoms with Gasteiger partial charge >= 0.3 is 5.97 Å². The molecule has 0 amide bonds. The number of carbonyl (C=O) groups excluding carboxylic acids is 1. The van der Waals surface area contributed by atoms with Crippen LogP contribution in [0.3, 0.4) is 0 Å². The Morgan fingerprint density at radius 1 is 1.21 bits per heavy atom. The first kappa shape index (κ1) is 25.1. The Kier molecular flexibility index (Phi) is 9.21. The van der Waals surface area contributed by atoms with Gasteiger partial charge in [0.1, 0.15) is 18.9 Å². The van der Waals surface area contributed by atoms with Crippen LogP contribution in [0.5, 0.6) is 0 Å². The molecule has 2 aromatic heterocycles. The van der Waals surface area contributed by atoms with E-state index in [1.165, 1.54) is 18.4 Å². The summed E-state index contributed by atoms with van der Waals surface area (Å²) in [5.41, 5.74) is 2.99. The summed E-state index contributed by atoms with van der Waals surface area (Å²) >= 11 is 0. The molecule has 1 N–H and O–H groups in total. The summed E-state index contributed by atoms with van der Waals surface area (Å²) in [5.74, 6) is 1.01. The minimum Gasteiger partial charge on any atom is -1.00 e. The number of carbonyl (C=O) groups is 1. The van der Waals surface area contributed by atoms with Gasteiger partial charge in [-0.05, 0) is 47.6 Å². The number of aliphatic hydroxyl groups excluding tert-OH is 1. The number of hydrogen-bond acceptors (Lipinski definition) is 4. The summed E-state index contributed by atoms with van der Waals surface area (Å²) in [6.07, 6.45) is 11.8. The van der Waals surface area contributed by atoms with E-state index in [0.29, 0.717) is 17.9 Å². The summed E-state index contributed by atoms with van der Waals surface area (Å²) in [7, 11) is 0. The zero-order valence-electron chi connectivity index (χ0n) is 19.1. The molecule has 1 atom stereocenters. The Morgan fingerprint density at radius 2 is 1.94 bits per heavy atom. The van der Waals surface area contributed by atoms with E-state index in [1.807, 2.05) is 42.6 Å². The second-order valence-corrected chi connectivity index (χ2v) is 8.56. The topological polar surface area (TPSA) is 68.2 Å². The highest BCUT2D eigenvalue weighted by Crippen LogP contribution is 2.37. The second kappa shape index (κ2) is 12.1. The van der Waals surface area contributed by atoms with Gasteiger partial charge < -0.3 is 26.8 Å². The average Bonchev–Trinajstić information content (AvgIpc) is 3.48. The molecule has 0 spiro atoms. The van der Waals surface area contributed by atoms with Crippen LogP contribution in [0.1, 0.15) is 66.6 Å². The highest BCUT2D eigenvalue weighted by molar-refractivity contribution is 5.76. The molecule has 1 fully saturated rings. The van der Waals surface area contributed by atoms with Crippen LogP contribution < -0.4 is 21.5 Å². The zero-order valence-corrected chi connectivity index (χ0v) is 20.7. The first-order valence-corrected chi connectivity index (χ1v) is 11.5. The number of benzene rings is 1. The van der Waals surface area contributed by atoms with Gasteiger partial charge in [-0.3, -0.25) is 4.98 Å². The van der Waals surface area contributed by atoms with Gasteiger partial charge in [-0.25, -0.2) is 13.9 Å². The van der Waals surface area contributed by atoms with Gasteiger partial charge in [0.25, 0.3) is 5.82 Å². The summed E-state index contributed by atoms with van der Waals surface area (Å²) < 4.78 is 9.76. The highest BCUT2D eigenvalue weighted by Gasteiger charge is 2.26. The molecule has 1 aliphatic rings. The molecule has 7 heteroatoms. The second-order valence-electron chi connectivity index (χ2n) is 8.56. The van der Waals surface area contributed by atoms with E-state index < -0.39 is 12.1 Å². The Balaban J connectivity index is 0.00000306. The minimum absolute atomic E-state index is 0. The lowest BCUT2D eigenvalue weighted by Gasteiger charge is -2.18. The number of aromatic nitrogens is 3. The monoisotopic (exact) mass is 513 g/mol. The highest BCUT2D eigenvalue weighted by atomic mass is 79.9. The number of hydrogen-bond donors (Lipinski definition) is 1. The van der Waals surface area contributed by atoms with Gasteiger partial charge in [0.15, 0.2) is 6.10 Å². The van der Waals surface area contributed by atoms with Crippen molar-refractivity contribution in [3.63, 3.8) is 0 Å². The van der Waals surface area contributed by atoms with Crippen LogP contribution in [0.15, 0.2) is 61.2 Å². The maximum Gasteiger partial charge on any atom is 0.339 e. The number of ether oxygens (including phenoxy) is 1. The first-order valence-electron chi connectivity index (χ1n) is 11.5. The molecule has 4 rings (SSSR count). The van der Waals surface area contributed by atoms with Crippen molar-refractivity contribution >= 4 is 5.97 Å². The first-order chi connectivity index (χ1) is 15.6. The maximum absolute atomic E-state index is 12.5. The quantitative estimate of drug-likeness (QED) is 0.261. The fourth-order valence-corrected chi connectivity index (χ4v) is 4.61. The molecule has 0 radical (unpaired) electrons. The largest absolute Gasteiger partial charge is 1.00 e. The number of esters is 1. The summed E-state index contributed by atoms with van der Waals surface area (Å²) in [4.78, 5) is 16.6. The van der Waals surface area contributed by atoms with Crippen LogP contribution in [0.4, 0.5) is 0 Å². The summed E-state index contributed by atoms with van der Waals surface area (Å²) in [6, 6.07) is 11.8. The Morgan fingerprint density at radius 3 is 2.70 bits per heavy atom. The molecule has 6 nitrogen and oxygen atoms in total. The van der Waals surface area contributed by atoms with E-state index in [0.717, 1.165) is 37.3 Å². The maximum atomic E-state index is 12.5. The lowest BCUT2D eigenvalue weighted by molar-refractivity contribution is -0.694. The van der Waals surface area contributed by atoms with Crippen LogP contribution in [0.25, 0.3) is 0 Å². The minimum atomic E-state index is -1.22. The van der Waals surface area contributed by atoms with Crippen molar-refractivity contribution in [1.82, 2.24) is 9.55 Å². The summed E-state index contributed by atoms with van der Waals surface area (Å²) in [5, 5.41) is 10.6. The lowest BCUT2D eigenvalue weighted by Crippen LogP contribution is -3.00. The number of rotatable bonds is 9. The van der Waals surface area contributed by atoms with Crippen molar-refractivity contribution in [1.29, 1.82) is 0 Å². The van der Waals surface area contributed by atoms with Gasteiger partial charge in [-0.1, -0.05) is 37.1 Å². The predicted molar refractivity (Wildman–Crippen MR) is 121 cm³/mol. The average molecular weight is 514 g/mol. The van der Waals surface area contributed by atoms with E-state index in [4.69, 9.17) is 4.74 Å². The fourth-order valence-electron chi connectivity index (χ4n) is 4.61. The molecule has 1 aliphatic carbocycles. The van der Waals surface area contributed by atoms with E-state index >= 15 is 0 Å². The number of pyridine rings is 1. The molecule has 0 bridgehead atoms. The number of nitrogens with zero attached hydrogens (tertiary/aromatic N) is 3. The van der Waals surface area contributed by atoms with Crippen molar-refractivity contribution in [3.8, 4) is 0 Å². The molecule has 0 saturated heterocycles. The van der Waals surface area contributed by atoms with Gasteiger partial charge in [-0.15, -0.1) is 0 Å². The molecule has 33 heavy (non-hydrogen) atoms. The molecule has 176 valence electrons. The predicted octanol–water partition coefficient (Wildman–Crippen LogP) is 0.856. The van der Waals surface area contributed by atoms with Crippen LogP contribution in [-0.4, -0.2) is 27.2 Å². The molecule has 0 aliphatic heterocycles. The number of imidazole rings is 1. The van der Waals surface area contributed by atoms with Crippen molar-refractivity contribution in [2.75, 3.05) is 6.61 Å². The van der Waals surface area contributed by atoms with Gasteiger partial charge in [0.2, 0.25) is 0 Å². The van der Waals surface area contributed by atoms with Crippen molar-refractivity contribution in [3.05, 3.63) is 83.7 Å². The molecular formula is C26H32BrN3O3. The van der Waals surface area contributed by atoms with Crippen LogP contribution in [0, 0.1) is 6.92 Å². The van der Waals surface area contributed by atoms with Crippen molar-refractivity contribution in [2.45, 2.75) is 64.1 Å². The van der Waals surface area contributed by atoms with Gasteiger partial charge in [0.05, 0.1) is 13.2 Å². The molecule has 2 heterocycles. The van der Waals surface area contributed by atoms with Gasteiger partial charge in [-0.2, -0.15) is 0 Å². The van der Waals surface area contributed by atoms with E-state index in [9.17, 15) is 9.90 Å². The SMILES string of the molecule is Cc1n(CCCOC(=O)C(O)c2ccccc2C2CCCC2)cc[n+]1Cc1ccncc1.[Br-]. The molecule has 1 aromatic carbocycles. The third kappa shape index (κ3) is 6.30. The van der Waals surface area contributed by atoms with Crippen molar-refractivity contribution in [2.24, 2.45) is 0 Å². The van der Waals surface area contributed by atoms with E-state index in [1.54, 1.807) is 12.4 Å². The normalized spacial score (nSPS) is 14.6. The number of aryl methyl sites for hydroxylation is 1. The van der Waals surface area contributed by atoms with E-state index in [2.05, 4.69) is 27.2 Å². The van der Waals surface area contributed by atoms with Crippen LogP contribution in [-0.2, 0) is 22.6 Å². The van der Waals surface area contributed by atoms with Crippen molar-refractivity contribution < 1.29 is 36.2 Å². The Hall–Kier alpha value is -2.51. The number of aliphatic hydroxyl groups is 1. The van der Waals surface area contributed by atoms with E-state index in [-0.39, 0.29) is 23.6 Å². The molecule has 3 aromatic rings. The summed E-state index contributed by atoms with van der Waals surface area (Å²) in [6.45, 7) is 3.90. The smallest absolute Gasteiger partial charge is 0.339 e. The molecule has 1 unspecified atom stereocenters. The van der Waals surface area contributed by atoms with Crippen LogP contribution >= 0.6 is 0 Å². The molecule has 1 saturated carbocycles. The van der Waals surface area contributed by atoms with Gasteiger partial charge in [0, 0.05) is 25.7 Å². The Labute approximate surface area is 206 Å².